The number of benzene rings is 3. The number of amides is 5. The fourth-order valence-electron chi connectivity index (χ4n) is 7.42. The number of fused-ring (bicyclic) bond motifs is 1. The second-order valence-electron chi connectivity index (χ2n) is 16.4. The first-order valence-corrected chi connectivity index (χ1v) is 21.8. The number of aromatic nitrogens is 1. The molecule has 0 spiro atoms. The summed E-state index contributed by atoms with van der Waals surface area (Å²) in [6.45, 7) is 12.2. The zero-order valence-corrected chi connectivity index (χ0v) is 36.6. The van der Waals surface area contributed by atoms with Crippen LogP contribution in [0.4, 0.5) is 4.79 Å². The fourth-order valence-corrected chi connectivity index (χ4v) is 8.48. The molecule has 1 aliphatic carbocycles. The van der Waals surface area contributed by atoms with Gasteiger partial charge in [-0.3, -0.25) is 19.2 Å². The van der Waals surface area contributed by atoms with Crippen LogP contribution in [-0.2, 0) is 33.9 Å². The Bertz CT molecular complexity index is 2510. The van der Waals surface area contributed by atoms with Gasteiger partial charge in [-0.15, -0.1) is 6.58 Å². The predicted octanol–water partition coefficient (Wildman–Crippen LogP) is 4.75. The van der Waals surface area contributed by atoms with Gasteiger partial charge in [0.1, 0.15) is 40.8 Å². The number of hydrogen-bond donors (Lipinski definition) is 3. The zero-order chi connectivity index (χ0) is 45.7. The molecule has 5 amide bonds. The molecule has 3 N–H and O–H groups in total. The van der Waals surface area contributed by atoms with E-state index in [9.17, 15) is 32.4 Å². The number of nitrogens with one attached hydrogen (secondary N) is 3. The van der Waals surface area contributed by atoms with Crippen LogP contribution in [0.2, 0.25) is 0 Å². The maximum atomic E-state index is 14.8. The molecule has 0 unspecified atom stereocenters. The molecule has 0 bridgehead atoms. The highest BCUT2D eigenvalue weighted by Crippen LogP contribution is 2.45. The van der Waals surface area contributed by atoms with Gasteiger partial charge in [-0.05, 0) is 64.0 Å². The Kier molecular flexibility index (Phi) is 13.6. The molecule has 2 heterocycles. The van der Waals surface area contributed by atoms with Gasteiger partial charge < -0.3 is 34.6 Å². The third-order valence-electron chi connectivity index (χ3n) is 10.8. The van der Waals surface area contributed by atoms with Crippen LogP contribution in [-0.4, -0.2) is 109 Å². The number of sulfonamides is 1. The molecule has 1 aromatic heterocycles. The lowest BCUT2D eigenvalue weighted by molar-refractivity contribution is -0.141. The van der Waals surface area contributed by atoms with Gasteiger partial charge >= 0.3 is 6.09 Å². The number of alkyl carbamates (subject to hydrolysis) is 1. The van der Waals surface area contributed by atoms with E-state index in [1.165, 1.54) is 47.2 Å². The summed E-state index contributed by atoms with van der Waals surface area (Å²) in [5.41, 5.74) is -0.668. The normalized spacial score (nSPS) is 19.8. The van der Waals surface area contributed by atoms with Crippen molar-refractivity contribution in [3.63, 3.8) is 0 Å². The van der Waals surface area contributed by atoms with Crippen molar-refractivity contribution < 1.29 is 46.6 Å². The summed E-state index contributed by atoms with van der Waals surface area (Å²) in [7, 11) is -1.27. The average Bonchev–Trinajstić information content (AvgIpc) is 3.82. The van der Waals surface area contributed by atoms with Crippen LogP contribution >= 0.6 is 0 Å². The molecule has 4 aromatic rings. The molecule has 5 atom stereocenters. The Morgan fingerprint density at radius 3 is 2.30 bits per heavy atom. The highest BCUT2D eigenvalue weighted by molar-refractivity contribution is 7.90. The maximum absolute atomic E-state index is 14.8. The first kappa shape index (κ1) is 45.8. The molecule has 63 heavy (non-hydrogen) atoms. The van der Waals surface area contributed by atoms with Crippen LogP contribution in [0, 0.1) is 5.92 Å². The van der Waals surface area contributed by atoms with Gasteiger partial charge in [0, 0.05) is 49.0 Å². The number of ether oxygens (including phenoxy) is 3. The van der Waals surface area contributed by atoms with Crippen LogP contribution in [0.15, 0.2) is 115 Å². The van der Waals surface area contributed by atoms with Crippen LogP contribution in [0.25, 0.3) is 22.2 Å². The van der Waals surface area contributed by atoms with Crippen molar-refractivity contribution in [1.29, 1.82) is 0 Å². The third kappa shape index (κ3) is 10.7. The van der Waals surface area contributed by atoms with E-state index in [2.05, 4.69) is 28.5 Å². The van der Waals surface area contributed by atoms with E-state index >= 15 is 0 Å². The Hall–Kier alpha value is -6.75. The summed E-state index contributed by atoms with van der Waals surface area (Å²) in [5.74, 6) is -2.51. The van der Waals surface area contributed by atoms with E-state index in [1.54, 1.807) is 58.2 Å². The Morgan fingerprint density at radius 2 is 1.68 bits per heavy atom. The number of rotatable bonds is 16. The van der Waals surface area contributed by atoms with Gasteiger partial charge in [0.15, 0.2) is 0 Å². The Balaban J connectivity index is 1.36. The Morgan fingerprint density at radius 1 is 1.00 bits per heavy atom. The molecule has 1 saturated heterocycles. The van der Waals surface area contributed by atoms with E-state index in [1.807, 2.05) is 30.3 Å². The van der Waals surface area contributed by atoms with E-state index in [0.717, 1.165) is 11.6 Å². The SMILES string of the molecule is C=CC(=O)N(C)CC[C@@H](NC(=O)OC(C)(C)C)C(=O)N1C[C@H](Oc2cc(-c3ccccc3)nc3cc(OC)ccc23)C[C@H]1C(=O)N[C@]1(C(=O)NS(=O)(=O)c2ccccc2)C[C@H]1C=C. The molecule has 332 valence electrons. The second kappa shape index (κ2) is 18.7. The van der Waals surface area contributed by atoms with Crippen molar-refractivity contribution in [2.45, 2.75) is 74.3 Å². The summed E-state index contributed by atoms with van der Waals surface area (Å²) >= 11 is 0. The quantitative estimate of drug-likeness (QED) is 0.104. The topological polar surface area (TPSA) is 203 Å². The molecule has 1 aliphatic heterocycles. The fraction of sp³-hybridized carbons (Fsp3) is 0.348. The molecule has 17 heteroatoms. The summed E-state index contributed by atoms with van der Waals surface area (Å²) in [6.07, 6.45) is 0.726. The van der Waals surface area contributed by atoms with Crippen molar-refractivity contribution >= 4 is 50.6 Å². The summed E-state index contributed by atoms with van der Waals surface area (Å²) in [6, 6.07) is 21.3. The van der Waals surface area contributed by atoms with Crippen LogP contribution < -0.4 is 24.8 Å². The first-order valence-electron chi connectivity index (χ1n) is 20.3. The highest BCUT2D eigenvalue weighted by atomic mass is 32.2. The van der Waals surface area contributed by atoms with Gasteiger partial charge in [0.25, 0.3) is 15.9 Å². The van der Waals surface area contributed by atoms with Crippen molar-refractivity contribution in [2.75, 3.05) is 27.2 Å². The monoisotopic (exact) mass is 880 g/mol. The minimum absolute atomic E-state index is 0.0105. The number of carbonyl (C=O) groups excluding carboxylic acids is 5. The molecule has 2 aliphatic rings. The number of likely N-dealkylation sites (N-methyl/N-ethyl adjacent to an activating group) is 1. The van der Waals surface area contributed by atoms with Crippen LogP contribution in [0.3, 0.4) is 0 Å². The van der Waals surface area contributed by atoms with E-state index < -0.39 is 75.0 Å². The third-order valence-corrected chi connectivity index (χ3v) is 12.2. The minimum atomic E-state index is -4.33. The molecular formula is C46H52N6O10S. The van der Waals surface area contributed by atoms with Crippen molar-refractivity contribution in [3.05, 3.63) is 110 Å². The maximum Gasteiger partial charge on any atom is 0.408 e. The molecule has 0 radical (unpaired) electrons. The van der Waals surface area contributed by atoms with Gasteiger partial charge in [0.05, 0.1) is 29.8 Å². The molecular weight excluding hydrogens is 829 g/mol. The van der Waals surface area contributed by atoms with Gasteiger partial charge in [-0.2, -0.15) is 0 Å². The summed E-state index contributed by atoms with van der Waals surface area (Å²) < 4.78 is 46.3. The molecule has 6 rings (SSSR count). The van der Waals surface area contributed by atoms with E-state index in [0.29, 0.717) is 28.1 Å². The summed E-state index contributed by atoms with van der Waals surface area (Å²) in [4.78, 5) is 76.2. The predicted molar refractivity (Wildman–Crippen MR) is 235 cm³/mol. The molecule has 3 aromatic carbocycles. The van der Waals surface area contributed by atoms with Gasteiger partial charge in [-0.1, -0.05) is 61.2 Å². The largest absolute Gasteiger partial charge is 0.497 e. The smallest absolute Gasteiger partial charge is 0.408 e. The first-order chi connectivity index (χ1) is 29.9. The Labute approximate surface area is 366 Å². The molecule has 2 fully saturated rings. The number of carbonyl (C=O) groups is 5. The lowest BCUT2D eigenvalue weighted by atomic mass is 10.1. The van der Waals surface area contributed by atoms with Crippen molar-refractivity contribution in [3.8, 4) is 22.8 Å². The summed E-state index contributed by atoms with van der Waals surface area (Å²) in [5, 5.41) is 6.03. The zero-order valence-electron chi connectivity index (χ0n) is 35.8. The van der Waals surface area contributed by atoms with Crippen LogP contribution in [0.5, 0.6) is 11.5 Å². The number of hydrogen-bond acceptors (Lipinski definition) is 11. The highest BCUT2D eigenvalue weighted by Gasteiger charge is 2.61. The second-order valence-corrected chi connectivity index (χ2v) is 18.1. The average molecular weight is 881 g/mol. The van der Waals surface area contributed by atoms with Gasteiger partial charge in [0.2, 0.25) is 17.7 Å². The lowest BCUT2D eigenvalue weighted by Gasteiger charge is -2.31. The van der Waals surface area contributed by atoms with Crippen molar-refractivity contribution in [1.82, 2.24) is 30.1 Å². The van der Waals surface area contributed by atoms with Crippen molar-refractivity contribution in [2.24, 2.45) is 5.92 Å². The number of pyridine rings is 1. The minimum Gasteiger partial charge on any atom is -0.497 e. The van der Waals surface area contributed by atoms with Crippen LogP contribution in [0.1, 0.15) is 40.0 Å². The van der Waals surface area contributed by atoms with E-state index in [4.69, 9.17) is 19.2 Å². The number of nitrogens with zero attached hydrogens (tertiary/aromatic N) is 3. The van der Waals surface area contributed by atoms with Gasteiger partial charge in [-0.25, -0.2) is 22.9 Å². The van der Waals surface area contributed by atoms with E-state index in [-0.39, 0.29) is 37.2 Å². The lowest BCUT2D eigenvalue weighted by Crippen LogP contribution is -2.58. The number of likely N-dealkylation sites (tertiary alicyclic amines) is 1. The standard InChI is InChI=1S/C46H52N6O10S/c1-8-30-27-46(30,43(56)50-63(58,59)33-18-14-11-15-19-33)49-41(54)38-25-32(28-52(38)42(55)35(22-23-51(6)40(53)9-2)48-44(57)62-45(3,4)5)61-39-26-36(29-16-12-10-13-17-29)47-37-24-31(60-7)20-21-34(37)39/h8-21,24,26,30,32,35,38H,1-2,22-23,25,27-28H2,3-7H3,(H,48,57)(H,49,54)(H,50,56)/t30-,32-,35-,38+,46-/m1/s1. The number of methoxy groups -OCH3 is 1. The molecule has 1 saturated carbocycles. The molecule has 16 nitrogen and oxygen atoms in total.